The highest BCUT2D eigenvalue weighted by molar-refractivity contribution is 5.84. The molecule has 16 heavy (non-hydrogen) atoms. The molecule has 0 aliphatic rings. The van der Waals surface area contributed by atoms with Gasteiger partial charge in [-0.1, -0.05) is 12.1 Å². The highest BCUT2D eigenvalue weighted by Crippen LogP contribution is 2.29. The fourth-order valence-corrected chi connectivity index (χ4v) is 2.28. The van der Waals surface area contributed by atoms with Crippen molar-refractivity contribution in [1.29, 1.82) is 0 Å². The number of aromatic nitrogens is 1. The summed E-state index contributed by atoms with van der Waals surface area (Å²) in [4.78, 5) is 0. The van der Waals surface area contributed by atoms with E-state index in [2.05, 4.69) is 42.7 Å². The average Bonchev–Trinajstić information content (AvgIpc) is 2.57. The van der Waals surface area contributed by atoms with E-state index in [0.717, 1.165) is 12.2 Å². The molecule has 0 fully saturated rings. The Morgan fingerprint density at radius 1 is 1.31 bits per heavy atom. The van der Waals surface area contributed by atoms with Crippen LogP contribution in [0.5, 0.6) is 0 Å². The third kappa shape index (κ3) is 1.63. The van der Waals surface area contributed by atoms with Crippen LogP contribution in [0.25, 0.3) is 10.9 Å². The average molecular weight is 217 g/mol. The molecule has 1 aromatic heterocycles. The van der Waals surface area contributed by atoms with Gasteiger partial charge in [0.15, 0.2) is 0 Å². The van der Waals surface area contributed by atoms with Crippen LogP contribution < -0.4 is 0 Å². The van der Waals surface area contributed by atoms with Gasteiger partial charge in [-0.3, -0.25) is 0 Å². The molecule has 2 nitrogen and oxygen atoms in total. The van der Waals surface area contributed by atoms with Gasteiger partial charge in [0.1, 0.15) is 0 Å². The van der Waals surface area contributed by atoms with Crippen molar-refractivity contribution in [2.24, 2.45) is 0 Å². The zero-order valence-corrected chi connectivity index (χ0v) is 10.4. The molecule has 0 aliphatic carbocycles. The largest absolute Gasteiger partial charge is 0.384 e. The predicted molar refractivity (Wildman–Crippen MR) is 67.6 cm³/mol. The van der Waals surface area contributed by atoms with Crippen LogP contribution in [0, 0.1) is 6.92 Å². The lowest BCUT2D eigenvalue weighted by molar-refractivity contribution is 0.0704. The first kappa shape index (κ1) is 11.2. The molecule has 0 saturated carbocycles. The van der Waals surface area contributed by atoms with Crippen LogP contribution in [0.15, 0.2) is 24.3 Å². The lowest BCUT2D eigenvalue weighted by atomic mass is 10.0. The minimum absolute atomic E-state index is 0.790. The van der Waals surface area contributed by atoms with Gasteiger partial charge in [-0.2, -0.15) is 0 Å². The van der Waals surface area contributed by atoms with Gasteiger partial charge in [0.05, 0.1) is 11.3 Å². The highest BCUT2D eigenvalue weighted by Gasteiger charge is 2.22. The third-order valence-electron chi connectivity index (χ3n) is 3.11. The Labute approximate surface area is 96.5 Å². The maximum Gasteiger partial charge on any atom is 0.0989 e. The molecule has 0 unspecified atom stereocenters. The Balaban J connectivity index is 2.81. The standard InChI is InChI=1S/C14H19NO/c1-5-15-12-8-6-7-10(2)11(12)9-13(15)14(3,4)16/h6-9,16H,5H2,1-4H3. The summed E-state index contributed by atoms with van der Waals surface area (Å²) >= 11 is 0. The van der Waals surface area contributed by atoms with Crippen LogP contribution in [-0.4, -0.2) is 9.67 Å². The second-order valence-corrected chi connectivity index (χ2v) is 4.84. The van der Waals surface area contributed by atoms with E-state index in [1.807, 2.05) is 13.8 Å². The van der Waals surface area contributed by atoms with Gasteiger partial charge < -0.3 is 9.67 Å². The Hall–Kier alpha value is -1.28. The normalized spacial score (nSPS) is 12.3. The molecule has 1 heterocycles. The molecular formula is C14H19NO. The van der Waals surface area contributed by atoms with Gasteiger partial charge in [0.2, 0.25) is 0 Å². The fraction of sp³-hybridized carbons (Fsp3) is 0.429. The SMILES string of the molecule is CCn1c(C(C)(C)O)cc2c(C)cccc21. The Kier molecular flexibility index (Phi) is 2.55. The Morgan fingerprint density at radius 2 is 2.00 bits per heavy atom. The van der Waals surface area contributed by atoms with E-state index in [4.69, 9.17) is 0 Å². The molecular weight excluding hydrogens is 198 g/mol. The van der Waals surface area contributed by atoms with Crippen LogP contribution in [0.2, 0.25) is 0 Å². The maximum absolute atomic E-state index is 10.2. The number of nitrogens with zero attached hydrogens (tertiary/aromatic N) is 1. The zero-order valence-electron chi connectivity index (χ0n) is 10.4. The van der Waals surface area contributed by atoms with E-state index in [1.165, 1.54) is 16.5 Å². The summed E-state index contributed by atoms with van der Waals surface area (Å²) < 4.78 is 2.18. The molecule has 1 aromatic carbocycles. The molecule has 2 aromatic rings. The smallest absolute Gasteiger partial charge is 0.0989 e. The van der Waals surface area contributed by atoms with E-state index in [0.29, 0.717) is 0 Å². The topological polar surface area (TPSA) is 25.2 Å². The summed E-state index contributed by atoms with van der Waals surface area (Å²) in [6, 6.07) is 8.39. The van der Waals surface area contributed by atoms with Crippen molar-refractivity contribution >= 4 is 10.9 Å². The molecule has 1 N–H and O–H groups in total. The van der Waals surface area contributed by atoms with E-state index >= 15 is 0 Å². The molecule has 0 spiro atoms. The lowest BCUT2D eigenvalue weighted by Crippen LogP contribution is -2.20. The molecule has 0 bridgehead atoms. The van der Waals surface area contributed by atoms with E-state index in [1.54, 1.807) is 0 Å². The van der Waals surface area contributed by atoms with E-state index in [9.17, 15) is 5.11 Å². The molecule has 0 saturated heterocycles. The van der Waals surface area contributed by atoms with Crippen LogP contribution in [0.4, 0.5) is 0 Å². The minimum atomic E-state index is -0.790. The van der Waals surface area contributed by atoms with Gasteiger partial charge in [-0.05, 0) is 45.4 Å². The molecule has 0 atom stereocenters. The first-order valence-electron chi connectivity index (χ1n) is 5.77. The number of fused-ring (bicyclic) bond motifs is 1. The van der Waals surface area contributed by atoms with E-state index in [-0.39, 0.29) is 0 Å². The number of benzene rings is 1. The monoisotopic (exact) mass is 217 g/mol. The van der Waals surface area contributed by atoms with Crippen molar-refractivity contribution in [3.8, 4) is 0 Å². The van der Waals surface area contributed by atoms with Crippen LogP contribution >= 0.6 is 0 Å². The number of hydrogen-bond acceptors (Lipinski definition) is 1. The second-order valence-electron chi connectivity index (χ2n) is 4.84. The summed E-state index contributed by atoms with van der Waals surface area (Å²) in [7, 11) is 0. The third-order valence-corrected chi connectivity index (χ3v) is 3.11. The van der Waals surface area contributed by atoms with E-state index < -0.39 is 5.60 Å². The number of rotatable bonds is 2. The molecule has 0 radical (unpaired) electrons. The minimum Gasteiger partial charge on any atom is -0.384 e. The van der Waals surface area contributed by atoms with Gasteiger partial charge in [0.25, 0.3) is 0 Å². The Bertz CT molecular complexity index is 517. The van der Waals surface area contributed by atoms with Crippen molar-refractivity contribution in [2.45, 2.75) is 39.8 Å². The van der Waals surface area contributed by atoms with Crippen molar-refractivity contribution in [3.63, 3.8) is 0 Å². The summed E-state index contributed by atoms with van der Waals surface area (Å²) in [5.41, 5.74) is 2.66. The van der Waals surface area contributed by atoms with Crippen LogP contribution in [0.3, 0.4) is 0 Å². The number of hydrogen-bond donors (Lipinski definition) is 1. The predicted octanol–water partition coefficient (Wildman–Crippen LogP) is 3.20. The fourth-order valence-electron chi connectivity index (χ4n) is 2.28. The summed E-state index contributed by atoms with van der Waals surface area (Å²) in [5, 5.41) is 11.4. The van der Waals surface area contributed by atoms with Gasteiger partial charge in [-0.25, -0.2) is 0 Å². The van der Waals surface area contributed by atoms with Crippen LogP contribution in [0.1, 0.15) is 32.0 Å². The summed E-state index contributed by atoms with van der Waals surface area (Å²) in [6.45, 7) is 8.77. The highest BCUT2D eigenvalue weighted by atomic mass is 16.3. The first-order valence-corrected chi connectivity index (χ1v) is 5.77. The van der Waals surface area contributed by atoms with Crippen molar-refractivity contribution in [1.82, 2.24) is 4.57 Å². The van der Waals surface area contributed by atoms with Gasteiger partial charge in [0, 0.05) is 17.4 Å². The van der Waals surface area contributed by atoms with Crippen LogP contribution in [-0.2, 0) is 12.1 Å². The van der Waals surface area contributed by atoms with Gasteiger partial charge >= 0.3 is 0 Å². The number of aryl methyl sites for hydroxylation is 2. The van der Waals surface area contributed by atoms with Gasteiger partial charge in [-0.15, -0.1) is 0 Å². The summed E-state index contributed by atoms with van der Waals surface area (Å²) in [6.07, 6.45) is 0. The molecule has 2 rings (SSSR count). The first-order chi connectivity index (χ1) is 7.45. The van der Waals surface area contributed by atoms with Crippen molar-refractivity contribution < 1.29 is 5.11 Å². The Morgan fingerprint density at radius 3 is 2.56 bits per heavy atom. The second kappa shape index (κ2) is 3.63. The summed E-state index contributed by atoms with van der Waals surface area (Å²) in [5.74, 6) is 0. The number of aliphatic hydroxyl groups is 1. The molecule has 86 valence electrons. The maximum atomic E-state index is 10.2. The van der Waals surface area contributed by atoms with Crippen molar-refractivity contribution in [3.05, 3.63) is 35.5 Å². The molecule has 2 heteroatoms. The molecule has 0 amide bonds. The zero-order chi connectivity index (χ0) is 11.9. The quantitative estimate of drug-likeness (QED) is 0.821. The van der Waals surface area contributed by atoms with Crippen molar-refractivity contribution in [2.75, 3.05) is 0 Å². The molecule has 0 aliphatic heterocycles. The lowest BCUT2D eigenvalue weighted by Gasteiger charge is -2.20.